The zero-order valence-electron chi connectivity index (χ0n) is 14.0. The Morgan fingerprint density at radius 2 is 2.09 bits per heavy atom. The first-order chi connectivity index (χ1) is 11.0. The van der Waals surface area contributed by atoms with Crippen LogP contribution in [0.3, 0.4) is 0 Å². The van der Waals surface area contributed by atoms with Gasteiger partial charge in [-0.1, -0.05) is 43.9 Å². The number of aliphatic imine (C=N–C) groups is 1. The van der Waals surface area contributed by atoms with E-state index in [0.717, 1.165) is 24.2 Å². The summed E-state index contributed by atoms with van der Waals surface area (Å²) in [5.41, 5.74) is 7.36. The van der Waals surface area contributed by atoms with E-state index in [0.29, 0.717) is 23.9 Å². The Morgan fingerprint density at radius 1 is 1.30 bits per heavy atom. The normalized spacial score (nSPS) is 11.3. The molecule has 5 nitrogen and oxygen atoms in total. The van der Waals surface area contributed by atoms with Crippen molar-refractivity contribution in [2.24, 2.45) is 10.7 Å². The van der Waals surface area contributed by atoms with Gasteiger partial charge in [0.05, 0.1) is 0 Å². The number of amides is 1. The fourth-order valence-electron chi connectivity index (χ4n) is 2.05. The molecule has 0 aliphatic carbocycles. The number of carbonyl (C=O) groups excluding carboxylic acids is 1. The van der Waals surface area contributed by atoms with Gasteiger partial charge in [-0.15, -0.1) is 0 Å². The minimum Gasteiger partial charge on any atom is -0.370 e. The van der Waals surface area contributed by atoms with Crippen LogP contribution in [0.2, 0.25) is 5.02 Å². The molecule has 0 saturated carbocycles. The number of nitrogens with zero attached hydrogens (tertiary/aromatic N) is 1. The molecule has 4 N–H and O–H groups in total. The van der Waals surface area contributed by atoms with E-state index in [1.807, 2.05) is 19.1 Å². The molecule has 0 aromatic heterocycles. The van der Waals surface area contributed by atoms with E-state index >= 15 is 0 Å². The Kier molecular flexibility index (Phi) is 9.14. The Bertz CT molecular complexity index is 531. The topological polar surface area (TPSA) is 79.5 Å². The Hall–Kier alpha value is -1.75. The zero-order valence-corrected chi connectivity index (χ0v) is 14.7. The molecule has 1 aromatic rings. The molecule has 0 aliphatic rings. The number of hydrogen-bond donors (Lipinski definition) is 3. The maximum absolute atomic E-state index is 11.9. The minimum absolute atomic E-state index is 0.0846. The number of unbranched alkanes of at least 4 members (excludes halogenated alkanes) is 3. The predicted octanol–water partition coefficient (Wildman–Crippen LogP) is 3.46. The number of hydrogen-bond acceptors (Lipinski definition) is 2. The number of guanidine groups is 1. The lowest BCUT2D eigenvalue weighted by Crippen LogP contribution is -2.34. The van der Waals surface area contributed by atoms with E-state index in [1.54, 1.807) is 6.07 Å². The summed E-state index contributed by atoms with van der Waals surface area (Å²) in [6.07, 6.45) is 4.97. The fraction of sp³-hybridized carbons (Fsp3) is 0.529. The number of nitrogens with one attached hydrogen (secondary N) is 2. The quantitative estimate of drug-likeness (QED) is 0.366. The summed E-state index contributed by atoms with van der Waals surface area (Å²) in [5, 5.41) is 6.44. The summed E-state index contributed by atoms with van der Waals surface area (Å²) in [6.45, 7) is 5.23. The highest BCUT2D eigenvalue weighted by atomic mass is 35.5. The van der Waals surface area contributed by atoms with Crippen LogP contribution in [0.25, 0.3) is 0 Å². The van der Waals surface area contributed by atoms with Crippen LogP contribution in [0.4, 0.5) is 5.69 Å². The molecule has 0 fully saturated rings. The van der Waals surface area contributed by atoms with Gasteiger partial charge in [-0.25, -0.2) is 0 Å². The molecule has 0 saturated heterocycles. The molecule has 1 aromatic carbocycles. The lowest BCUT2D eigenvalue weighted by molar-refractivity contribution is -0.116. The monoisotopic (exact) mass is 338 g/mol. The molecule has 0 spiro atoms. The second-order valence-corrected chi connectivity index (χ2v) is 5.87. The van der Waals surface area contributed by atoms with Gasteiger partial charge in [-0.3, -0.25) is 9.79 Å². The van der Waals surface area contributed by atoms with E-state index < -0.39 is 0 Å². The lowest BCUT2D eigenvalue weighted by Gasteiger charge is -2.10. The van der Waals surface area contributed by atoms with E-state index in [9.17, 15) is 4.79 Å². The van der Waals surface area contributed by atoms with Crippen molar-refractivity contribution in [3.05, 3.63) is 28.8 Å². The summed E-state index contributed by atoms with van der Waals surface area (Å²) in [4.78, 5) is 16.2. The third-order valence-electron chi connectivity index (χ3n) is 3.49. The van der Waals surface area contributed by atoms with Crippen molar-refractivity contribution in [2.45, 2.75) is 46.0 Å². The van der Waals surface area contributed by atoms with Gasteiger partial charge in [0.25, 0.3) is 0 Å². The van der Waals surface area contributed by atoms with Crippen molar-refractivity contribution < 1.29 is 4.79 Å². The van der Waals surface area contributed by atoms with Gasteiger partial charge in [0, 0.05) is 30.2 Å². The second kappa shape index (κ2) is 10.9. The van der Waals surface area contributed by atoms with Crippen LogP contribution in [0.15, 0.2) is 23.2 Å². The molecule has 0 heterocycles. The molecule has 128 valence electrons. The Morgan fingerprint density at radius 3 is 2.83 bits per heavy atom. The highest BCUT2D eigenvalue weighted by molar-refractivity contribution is 6.31. The highest BCUT2D eigenvalue weighted by Crippen LogP contribution is 2.22. The minimum atomic E-state index is -0.0846. The number of benzene rings is 1. The second-order valence-electron chi connectivity index (χ2n) is 5.46. The van der Waals surface area contributed by atoms with E-state index in [2.05, 4.69) is 22.5 Å². The number of anilines is 1. The van der Waals surface area contributed by atoms with Gasteiger partial charge in [-0.05, 0) is 31.0 Å². The van der Waals surface area contributed by atoms with Gasteiger partial charge < -0.3 is 16.4 Å². The molecule has 0 atom stereocenters. The SMILES string of the molecule is CCCCCCN=C(N)NCCC(=O)Nc1cccc(Cl)c1C. The molecule has 1 amide bonds. The lowest BCUT2D eigenvalue weighted by atomic mass is 10.2. The largest absolute Gasteiger partial charge is 0.370 e. The van der Waals surface area contributed by atoms with E-state index in [4.69, 9.17) is 17.3 Å². The predicted molar refractivity (Wildman–Crippen MR) is 98.1 cm³/mol. The molecule has 0 aliphatic heterocycles. The zero-order chi connectivity index (χ0) is 17.1. The molecule has 0 bridgehead atoms. The van der Waals surface area contributed by atoms with Crippen LogP contribution in [-0.2, 0) is 4.79 Å². The van der Waals surface area contributed by atoms with Gasteiger partial charge in [0.2, 0.25) is 5.91 Å². The van der Waals surface area contributed by atoms with Crippen LogP contribution in [0.1, 0.15) is 44.6 Å². The van der Waals surface area contributed by atoms with Crippen LogP contribution in [0.5, 0.6) is 0 Å². The fourth-order valence-corrected chi connectivity index (χ4v) is 2.23. The van der Waals surface area contributed by atoms with Crippen LogP contribution in [0, 0.1) is 6.92 Å². The number of nitrogens with two attached hydrogens (primary N) is 1. The van der Waals surface area contributed by atoms with Crippen molar-refractivity contribution in [3.8, 4) is 0 Å². The summed E-state index contributed by atoms with van der Waals surface area (Å²) in [6, 6.07) is 5.44. The van der Waals surface area contributed by atoms with Gasteiger partial charge in [0.1, 0.15) is 0 Å². The smallest absolute Gasteiger partial charge is 0.226 e. The average Bonchev–Trinajstić information content (AvgIpc) is 2.51. The van der Waals surface area contributed by atoms with Crippen LogP contribution >= 0.6 is 11.6 Å². The Labute approximate surface area is 143 Å². The van der Waals surface area contributed by atoms with E-state index in [-0.39, 0.29) is 5.91 Å². The van der Waals surface area contributed by atoms with Gasteiger partial charge >= 0.3 is 0 Å². The van der Waals surface area contributed by atoms with Crippen LogP contribution < -0.4 is 16.4 Å². The average molecular weight is 339 g/mol. The van der Waals surface area contributed by atoms with Crippen molar-refractivity contribution in [1.29, 1.82) is 0 Å². The number of halogens is 1. The third kappa shape index (κ3) is 7.88. The first kappa shape index (κ1) is 19.3. The van der Waals surface area contributed by atoms with E-state index in [1.165, 1.54) is 19.3 Å². The Balaban J connectivity index is 2.25. The first-order valence-electron chi connectivity index (χ1n) is 8.13. The molecule has 1 rings (SSSR count). The summed E-state index contributed by atoms with van der Waals surface area (Å²) in [5.74, 6) is 0.312. The maximum atomic E-state index is 11.9. The van der Waals surface area contributed by atoms with Gasteiger partial charge in [0.15, 0.2) is 5.96 Å². The highest BCUT2D eigenvalue weighted by Gasteiger charge is 2.06. The number of rotatable bonds is 9. The van der Waals surface area contributed by atoms with Crippen LogP contribution in [-0.4, -0.2) is 25.0 Å². The van der Waals surface area contributed by atoms with Crippen molar-refractivity contribution >= 4 is 29.2 Å². The number of carbonyl (C=O) groups is 1. The molecule has 6 heteroatoms. The molecule has 0 unspecified atom stereocenters. The van der Waals surface area contributed by atoms with Crippen molar-refractivity contribution in [1.82, 2.24) is 5.32 Å². The molecule has 0 radical (unpaired) electrons. The summed E-state index contributed by atoms with van der Waals surface area (Å²) >= 11 is 6.03. The third-order valence-corrected chi connectivity index (χ3v) is 3.90. The first-order valence-corrected chi connectivity index (χ1v) is 8.51. The van der Waals surface area contributed by atoms with Gasteiger partial charge in [-0.2, -0.15) is 0 Å². The maximum Gasteiger partial charge on any atom is 0.226 e. The summed E-state index contributed by atoms with van der Waals surface area (Å²) in [7, 11) is 0. The molecular formula is C17H27ClN4O. The van der Waals surface area contributed by atoms with Crippen molar-refractivity contribution in [2.75, 3.05) is 18.4 Å². The van der Waals surface area contributed by atoms with Crippen molar-refractivity contribution in [3.63, 3.8) is 0 Å². The molecular weight excluding hydrogens is 312 g/mol. The molecule has 23 heavy (non-hydrogen) atoms. The standard InChI is InChI=1S/C17H27ClN4O/c1-3-4-5-6-11-20-17(19)21-12-10-16(23)22-15-9-7-8-14(18)13(15)2/h7-9H,3-6,10-12H2,1-2H3,(H,22,23)(H3,19,20,21). The summed E-state index contributed by atoms with van der Waals surface area (Å²) < 4.78 is 0.